The van der Waals surface area contributed by atoms with Gasteiger partial charge in [0.1, 0.15) is 24.5 Å². The number of rotatable bonds is 19. The van der Waals surface area contributed by atoms with Crippen molar-refractivity contribution in [2.45, 2.75) is 111 Å². The van der Waals surface area contributed by atoms with Crippen LogP contribution < -0.4 is 21.7 Å². The number of methoxy groups -OCH3 is 1. The van der Waals surface area contributed by atoms with Crippen molar-refractivity contribution in [1.29, 1.82) is 0 Å². The van der Waals surface area contributed by atoms with Crippen LogP contribution in [0.4, 0.5) is 0 Å². The molecule has 0 fully saturated rings. The van der Waals surface area contributed by atoms with Gasteiger partial charge in [0.15, 0.2) is 12.2 Å². The van der Waals surface area contributed by atoms with Crippen LogP contribution in [0.2, 0.25) is 0 Å². The number of hydrogen-bond acceptors (Lipinski definition) is 10. The summed E-state index contributed by atoms with van der Waals surface area (Å²) in [4.78, 5) is 74.8. The Labute approximate surface area is 237 Å². The number of carbonyl (C=O) groups excluding carboxylic acids is 6. The Kier molecular flexibility index (Phi) is 17.6. The molecule has 230 valence electrons. The van der Waals surface area contributed by atoms with Gasteiger partial charge < -0.3 is 40.7 Å². The molecule has 0 aromatic carbocycles. The molecule has 0 aromatic heterocycles. The summed E-state index contributed by atoms with van der Waals surface area (Å²) in [5.41, 5.74) is 5.56. The maximum Gasteiger partial charge on any atom is 0.329 e. The minimum atomic E-state index is -1.30. The molecular weight excluding hydrogens is 524 g/mol. The average molecular weight is 573 g/mol. The van der Waals surface area contributed by atoms with Gasteiger partial charge in [-0.2, -0.15) is 0 Å². The SMILES string of the molecule is CCC(NC(=O)C(C)OC)C(=O)OC(C)C(=O)NC(CCCCN)C(=O)OC(C(=O)NC(C=O)C(C)C)C(C)C. The first kappa shape index (κ1) is 36.9. The molecule has 40 heavy (non-hydrogen) atoms. The molecule has 0 rings (SSSR count). The summed E-state index contributed by atoms with van der Waals surface area (Å²) in [5.74, 6) is -4.16. The van der Waals surface area contributed by atoms with E-state index in [1.807, 2.05) is 0 Å². The predicted octanol–water partition coefficient (Wildman–Crippen LogP) is 0.369. The predicted molar refractivity (Wildman–Crippen MR) is 147 cm³/mol. The van der Waals surface area contributed by atoms with Crippen LogP contribution in [-0.2, 0) is 43.0 Å². The fraction of sp³-hybridized carbons (Fsp3) is 0.778. The number of nitrogens with two attached hydrogens (primary N) is 1. The standard InChI is InChI=1S/C27H48N4O9/c1-9-19(29-23(33)17(6)38-8)26(36)39-18(7)24(34)30-20(12-10-11-13-28)27(37)40-22(16(4)5)25(35)31-21(14-32)15(2)3/h14-22H,9-13,28H2,1-8H3,(H,29,33)(H,30,34)(H,31,35). The molecule has 0 radical (unpaired) electrons. The number of aldehydes is 1. The molecule has 6 unspecified atom stereocenters. The molecular formula is C27H48N4O9. The molecule has 3 amide bonds. The summed E-state index contributed by atoms with van der Waals surface area (Å²) in [6.07, 6.45) is -1.24. The smallest absolute Gasteiger partial charge is 0.329 e. The van der Waals surface area contributed by atoms with Crippen molar-refractivity contribution in [2.75, 3.05) is 13.7 Å². The van der Waals surface area contributed by atoms with Gasteiger partial charge in [-0.1, -0.05) is 34.6 Å². The van der Waals surface area contributed by atoms with Crippen LogP contribution in [0.5, 0.6) is 0 Å². The van der Waals surface area contributed by atoms with Crippen molar-refractivity contribution < 1.29 is 43.0 Å². The van der Waals surface area contributed by atoms with Crippen LogP contribution in [0.15, 0.2) is 0 Å². The summed E-state index contributed by atoms with van der Waals surface area (Å²) >= 11 is 0. The van der Waals surface area contributed by atoms with Crippen LogP contribution in [0, 0.1) is 11.8 Å². The Balaban J connectivity index is 5.50. The van der Waals surface area contributed by atoms with Crippen molar-refractivity contribution in [3.05, 3.63) is 0 Å². The molecule has 0 heterocycles. The van der Waals surface area contributed by atoms with Gasteiger partial charge in [-0.25, -0.2) is 9.59 Å². The highest BCUT2D eigenvalue weighted by Crippen LogP contribution is 2.13. The molecule has 0 bridgehead atoms. The van der Waals surface area contributed by atoms with E-state index in [-0.39, 0.29) is 18.8 Å². The van der Waals surface area contributed by atoms with E-state index in [9.17, 15) is 28.8 Å². The number of esters is 2. The van der Waals surface area contributed by atoms with Gasteiger partial charge in [0.2, 0.25) is 5.91 Å². The van der Waals surface area contributed by atoms with Crippen LogP contribution in [-0.4, -0.2) is 86.0 Å². The molecule has 0 spiro atoms. The Morgan fingerprint density at radius 2 is 1.30 bits per heavy atom. The van der Waals surface area contributed by atoms with E-state index in [1.54, 1.807) is 34.6 Å². The number of hydrogen-bond donors (Lipinski definition) is 4. The van der Waals surface area contributed by atoms with Crippen LogP contribution >= 0.6 is 0 Å². The Hall–Kier alpha value is -3.06. The monoisotopic (exact) mass is 572 g/mol. The number of amides is 3. The number of carbonyl (C=O) groups is 6. The van der Waals surface area contributed by atoms with Gasteiger partial charge in [0.05, 0.1) is 6.04 Å². The fourth-order valence-corrected chi connectivity index (χ4v) is 3.37. The molecule has 5 N–H and O–H groups in total. The largest absolute Gasteiger partial charge is 0.451 e. The first-order chi connectivity index (χ1) is 18.7. The highest BCUT2D eigenvalue weighted by Gasteiger charge is 2.34. The van der Waals surface area contributed by atoms with E-state index >= 15 is 0 Å². The van der Waals surface area contributed by atoms with E-state index in [2.05, 4.69) is 16.0 Å². The quantitative estimate of drug-likeness (QED) is 0.0955. The molecule has 0 aliphatic carbocycles. The average Bonchev–Trinajstić information content (AvgIpc) is 2.90. The molecule has 6 atom stereocenters. The minimum Gasteiger partial charge on any atom is -0.451 e. The van der Waals surface area contributed by atoms with Crippen molar-refractivity contribution in [3.63, 3.8) is 0 Å². The first-order valence-corrected chi connectivity index (χ1v) is 13.7. The Morgan fingerprint density at radius 3 is 1.77 bits per heavy atom. The van der Waals surface area contributed by atoms with Gasteiger partial charge >= 0.3 is 11.9 Å². The topological polar surface area (TPSA) is 192 Å². The van der Waals surface area contributed by atoms with Crippen LogP contribution in [0.25, 0.3) is 0 Å². The lowest BCUT2D eigenvalue weighted by Crippen LogP contribution is -2.52. The summed E-state index contributed by atoms with van der Waals surface area (Å²) in [6.45, 7) is 11.8. The number of unbranched alkanes of at least 4 members (excludes halogenated alkanes) is 1. The summed E-state index contributed by atoms with van der Waals surface area (Å²) in [6, 6.07) is -2.90. The van der Waals surface area contributed by atoms with E-state index in [1.165, 1.54) is 21.0 Å². The zero-order valence-electron chi connectivity index (χ0n) is 25.0. The summed E-state index contributed by atoms with van der Waals surface area (Å²) < 4.78 is 15.7. The molecule has 0 aliphatic heterocycles. The van der Waals surface area contributed by atoms with Crippen molar-refractivity contribution in [3.8, 4) is 0 Å². The minimum absolute atomic E-state index is 0.165. The highest BCUT2D eigenvalue weighted by atomic mass is 16.6. The zero-order chi connectivity index (χ0) is 31.0. The summed E-state index contributed by atoms with van der Waals surface area (Å²) in [5, 5.41) is 7.62. The van der Waals surface area contributed by atoms with Crippen LogP contribution in [0.3, 0.4) is 0 Å². The van der Waals surface area contributed by atoms with Gasteiger partial charge in [-0.05, 0) is 57.9 Å². The van der Waals surface area contributed by atoms with Crippen molar-refractivity contribution in [1.82, 2.24) is 16.0 Å². The van der Waals surface area contributed by atoms with Crippen molar-refractivity contribution >= 4 is 35.9 Å². The second-order valence-corrected chi connectivity index (χ2v) is 10.3. The lowest BCUT2D eigenvalue weighted by molar-refractivity contribution is -0.163. The van der Waals surface area contributed by atoms with E-state index in [0.717, 1.165) is 0 Å². The highest BCUT2D eigenvalue weighted by molar-refractivity contribution is 5.91. The van der Waals surface area contributed by atoms with Gasteiger partial charge in [0, 0.05) is 7.11 Å². The molecule has 0 aromatic rings. The lowest BCUT2D eigenvalue weighted by atomic mass is 10.0. The van der Waals surface area contributed by atoms with Gasteiger partial charge in [-0.3, -0.25) is 14.4 Å². The molecule has 13 nitrogen and oxygen atoms in total. The maximum atomic E-state index is 13.1. The van der Waals surface area contributed by atoms with E-state index in [4.69, 9.17) is 19.9 Å². The van der Waals surface area contributed by atoms with Crippen LogP contribution in [0.1, 0.15) is 74.1 Å². The third-order valence-electron chi connectivity index (χ3n) is 6.22. The summed E-state index contributed by atoms with van der Waals surface area (Å²) in [7, 11) is 1.36. The van der Waals surface area contributed by atoms with Crippen molar-refractivity contribution in [2.24, 2.45) is 17.6 Å². The molecule has 13 heteroatoms. The molecule has 0 aliphatic rings. The van der Waals surface area contributed by atoms with E-state index in [0.29, 0.717) is 25.7 Å². The van der Waals surface area contributed by atoms with Gasteiger partial charge in [-0.15, -0.1) is 0 Å². The maximum absolute atomic E-state index is 13.1. The molecule has 0 saturated heterocycles. The van der Waals surface area contributed by atoms with Gasteiger partial charge in [0.25, 0.3) is 11.8 Å². The normalized spacial score (nSPS) is 15.7. The Bertz CT molecular complexity index is 850. The fourth-order valence-electron chi connectivity index (χ4n) is 3.37. The third-order valence-corrected chi connectivity index (χ3v) is 6.22. The number of ether oxygens (including phenoxy) is 3. The second-order valence-electron chi connectivity index (χ2n) is 10.3. The zero-order valence-corrected chi connectivity index (χ0v) is 25.0. The second kappa shape index (κ2) is 19.1. The number of nitrogens with one attached hydrogen (secondary N) is 3. The third kappa shape index (κ3) is 12.9. The Morgan fingerprint density at radius 1 is 0.750 bits per heavy atom. The lowest BCUT2D eigenvalue weighted by Gasteiger charge is -2.27. The first-order valence-electron chi connectivity index (χ1n) is 13.7. The van der Waals surface area contributed by atoms with E-state index < -0.39 is 72.0 Å². The molecule has 0 saturated carbocycles.